The number of benzene rings is 1. The zero-order valence-corrected chi connectivity index (χ0v) is 13.6. The van der Waals surface area contributed by atoms with E-state index in [-0.39, 0.29) is 11.8 Å². The SMILES string of the molecule is O=C(NCC1CCN(c2ccc(F)cc2)C1)NC1CCCCC1. The van der Waals surface area contributed by atoms with Gasteiger partial charge in [-0.05, 0) is 49.4 Å². The van der Waals surface area contributed by atoms with Crippen molar-refractivity contribution >= 4 is 11.7 Å². The summed E-state index contributed by atoms with van der Waals surface area (Å²) >= 11 is 0. The molecule has 1 aromatic carbocycles. The highest BCUT2D eigenvalue weighted by molar-refractivity contribution is 5.74. The first kappa shape index (κ1) is 16.1. The van der Waals surface area contributed by atoms with Gasteiger partial charge in [-0.2, -0.15) is 0 Å². The van der Waals surface area contributed by atoms with Gasteiger partial charge in [0.2, 0.25) is 0 Å². The van der Waals surface area contributed by atoms with E-state index in [1.54, 1.807) is 0 Å². The van der Waals surface area contributed by atoms with E-state index in [0.717, 1.165) is 38.0 Å². The Kier molecular flexibility index (Phi) is 5.36. The quantitative estimate of drug-likeness (QED) is 0.894. The van der Waals surface area contributed by atoms with Crippen molar-refractivity contribution in [1.29, 1.82) is 0 Å². The first-order valence-electron chi connectivity index (χ1n) is 8.75. The summed E-state index contributed by atoms with van der Waals surface area (Å²) in [7, 11) is 0. The van der Waals surface area contributed by atoms with Gasteiger partial charge in [-0.25, -0.2) is 9.18 Å². The molecular formula is C18H26FN3O. The minimum atomic E-state index is -0.203. The van der Waals surface area contributed by atoms with Crippen LogP contribution in [0.2, 0.25) is 0 Å². The van der Waals surface area contributed by atoms with Crippen LogP contribution < -0.4 is 15.5 Å². The minimum Gasteiger partial charge on any atom is -0.371 e. The molecule has 0 aromatic heterocycles. The third-order valence-corrected chi connectivity index (χ3v) is 4.97. The van der Waals surface area contributed by atoms with Crippen molar-refractivity contribution in [2.24, 2.45) is 5.92 Å². The molecule has 0 bridgehead atoms. The lowest BCUT2D eigenvalue weighted by molar-refractivity contribution is 0.231. The zero-order chi connectivity index (χ0) is 16.1. The average molecular weight is 319 g/mol. The third-order valence-electron chi connectivity index (χ3n) is 4.97. The second-order valence-corrected chi connectivity index (χ2v) is 6.77. The first-order valence-corrected chi connectivity index (χ1v) is 8.75. The molecule has 1 aliphatic carbocycles. The van der Waals surface area contributed by atoms with Gasteiger partial charge in [0.25, 0.3) is 0 Å². The van der Waals surface area contributed by atoms with Crippen molar-refractivity contribution in [2.45, 2.75) is 44.6 Å². The van der Waals surface area contributed by atoms with Gasteiger partial charge in [0, 0.05) is 31.4 Å². The van der Waals surface area contributed by atoms with Crippen LogP contribution in [0.4, 0.5) is 14.9 Å². The van der Waals surface area contributed by atoms with Gasteiger partial charge >= 0.3 is 6.03 Å². The number of nitrogens with zero attached hydrogens (tertiary/aromatic N) is 1. The van der Waals surface area contributed by atoms with Gasteiger partial charge in [0.15, 0.2) is 0 Å². The molecule has 1 saturated heterocycles. The standard InChI is InChI=1S/C18H26FN3O/c19-15-6-8-17(9-7-15)22-11-10-14(13-22)12-20-18(23)21-16-4-2-1-3-5-16/h6-9,14,16H,1-5,10-13H2,(H2,20,21,23). The predicted molar refractivity (Wildman–Crippen MR) is 90.1 cm³/mol. The molecule has 3 rings (SSSR count). The molecule has 1 aromatic rings. The number of carbonyl (C=O) groups is 1. The van der Waals surface area contributed by atoms with E-state index in [9.17, 15) is 9.18 Å². The van der Waals surface area contributed by atoms with Gasteiger partial charge in [-0.15, -0.1) is 0 Å². The maximum atomic E-state index is 13.0. The normalized spacial score (nSPS) is 22.1. The topological polar surface area (TPSA) is 44.4 Å². The van der Waals surface area contributed by atoms with Crippen LogP contribution in [-0.2, 0) is 0 Å². The molecule has 2 amide bonds. The molecule has 5 heteroatoms. The first-order chi connectivity index (χ1) is 11.2. The number of halogens is 1. The molecule has 1 aliphatic heterocycles. The minimum absolute atomic E-state index is 0.0304. The Morgan fingerprint density at radius 3 is 2.61 bits per heavy atom. The van der Waals surface area contributed by atoms with Crippen LogP contribution in [0.15, 0.2) is 24.3 Å². The van der Waals surface area contributed by atoms with Crippen molar-refractivity contribution in [3.8, 4) is 0 Å². The number of rotatable bonds is 4. The van der Waals surface area contributed by atoms with Crippen molar-refractivity contribution in [3.05, 3.63) is 30.1 Å². The Labute approximate surface area is 137 Å². The summed E-state index contributed by atoms with van der Waals surface area (Å²) in [4.78, 5) is 14.2. The molecule has 4 nitrogen and oxygen atoms in total. The third kappa shape index (κ3) is 4.60. The zero-order valence-electron chi connectivity index (χ0n) is 13.6. The molecule has 2 aliphatic rings. The van der Waals surface area contributed by atoms with Gasteiger partial charge < -0.3 is 15.5 Å². The van der Waals surface area contributed by atoms with Crippen LogP contribution >= 0.6 is 0 Å². The largest absolute Gasteiger partial charge is 0.371 e. The predicted octanol–water partition coefficient (Wildman–Crippen LogP) is 3.28. The fourth-order valence-corrected chi connectivity index (χ4v) is 3.61. The fourth-order valence-electron chi connectivity index (χ4n) is 3.61. The van der Waals surface area contributed by atoms with E-state index in [0.29, 0.717) is 18.5 Å². The Bertz CT molecular complexity index is 514. The molecule has 1 atom stereocenters. The van der Waals surface area contributed by atoms with Crippen LogP contribution in [0.25, 0.3) is 0 Å². The second-order valence-electron chi connectivity index (χ2n) is 6.77. The molecule has 1 saturated carbocycles. The maximum absolute atomic E-state index is 13.0. The summed E-state index contributed by atoms with van der Waals surface area (Å²) in [6, 6.07) is 6.96. The van der Waals surface area contributed by atoms with Crippen LogP contribution in [0.5, 0.6) is 0 Å². The number of nitrogens with one attached hydrogen (secondary N) is 2. The lowest BCUT2D eigenvalue weighted by Gasteiger charge is -2.23. The van der Waals surface area contributed by atoms with Crippen molar-refractivity contribution in [3.63, 3.8) is 0 Å². The summed E-state index contributed by atoms with van der Waals surface area (Å²) in [5.41, 5.74) is 1.06. The van der Waals surface area contributed by atoms with E-state index in [2.05, 4.69) is 15.5 Å². The number of carbonyl (C=O) groups excluding carboxylic acids is 1. The number of hydrogen-bond donors (Lipinski definition) is 2. The molecule has 1 unspecified atom stereocenters. The molecule has 2 fully saturated rings. The summed E-state index contributed by atoms with van der Waals surface area (Å²) in [5, 5.41) is 6.10. The van der Waals surface area contributed by atoms with E-state index in [1.165, 1.54) is 31.4 Å². The van der Waals surface area contributed by atoms with Crippen molar-refractivity contribution in [1.82, 2.24) is 10.6 Å². The smallest absolute Gasteiger partial charge is 0.315 e. The van der Waals surface area contributed by atoms with Gasteiger partial charge in [0.05, 0.1) is 0 Å². The lowest BCUT2D eigenvalue weighted by Crippen LogP contribution is -2.44. The van der Waals surface area contributed by atoms with Crippen molar-refractivity contribution in [2.75, 3.05) is 24.5 Å². The van der Waals surface area contributed by atoms with E-state index in [4.69, 9.17) is 0 Å². The fraction of sp³-hybridized carbons (Fsp3) is 0.611. The molecule has 2 N–H and O–H groups in total. The maximum Gasteiger partial charge on any atom is 0.315 e. The Balaban J connectivity index is 1.39. The van der Waals surface area contributed by atoms with Crippen LogP contribution in [-0.4, -0.2) is 31.7 Å². The van der Waals surface area contributed by atoms with Crippen LogP contribution in [0.1, 0.15) is 38.5 Å². The number of urea groups is 1. The van der Waals surface area contributed by atoms with E-state index < -0.39 is 0 Å². The molecule has 23 heavy (non-hydrogen) atoms. The molecule has 0 spiro atoms. The van der Waals surface area contributed by atoms with Gasteiger partial charge in [-0.3, -0.25) is 0 Å². The Morgan fingerprint density at radius 2 is 1.87 bits per heavy atom. The highest BCUT2D eigenvalue weighted by Crippen LogP contribution is 2.23. The highest BCUT2D eigenvalue weighted by Gasteiger charge is 2.23. The molecule has 126 valence electrons. The van der Waals surface area contributed by atoms with Crippen LogP contribution in [0, 0.1) is 11.7 Å². The second kappa shape index (κ2) is 7.66. The van der Waals surface area contributed by atoms with Gasteiger partial charge in [-0.1, -0.05) is 19.3 Å². The Morgan fingerprint density at radius 1 is 1.13 bits per heavy atom. The van der Waals surface area contributed by atoms with Gasteiger partial charge in [0.1, 0.15) is 5.82 Å². The van der Waals surface area contributed by atoms with E-state index in [1.807, 2.05) is 12.1 Å². The Hall–Kier alpha value is -1.78. The summed E-state index contributed by atoms with van der Waals surface area (Å²) in [6.45, 7) is 2.58. The number of amides is 2. The monoisotopic (exact) mass is 319 g/mol. The lowest BCUT2D eigenvalue weighted by atomic mass is 9.96. The van der Waals surface area contributed by atoms with E-state index >= 15 is 0 Å². The molecule has 0 radical (unpaired) electrons. The summed E-state index contributed by atoms with van der Waals surface area (Å²) in [6.07, 6.45) is 7.01. The highest BCUT2D eigenvalue weighted by atomic mass is 19.1. The number of hydrogen-bond acceptors (Lipinski definition) is 2. The number of anilines is 1. The summed E-state index contributed by atoms with van der Waals surface area (Å²) < 4.78 is 13.0. The molecular weight excluding hydrogens is 293 g/mol. The molecule has 1 heterocycles. The van der Waals surface area contributed by atoms with Crippen LogP contribution in [0.3, 0.4) is 0 Å². The summed E-state index contributed by atoms with van der Waals surface area (Å²) in [5.74, 6) is 0.253. The van der Waals surface area contributed by atoms with Crippen molar-refractivity contribution < 1.29 is 9.18 Å². The average Bonchev–Trinajstić information content (AvgIpc) is 3.04.